The van der Waals surface area contributed by atoms with Gasteiger partial charge >= 0.3 is 0 Å². The fraction of sp³-hybridized carbons (Fsp3) is 0.889. The molecule has 0 radical (unpaired) electrons. The van der Waals surface area contributed by atoms with Crippen molar-refractivity contribution in [2.75, 3.05) is 14.2 Å². The van der Waals surface area contributed by atoms with E-state index >= 15 is 0 Å². The molecule has 0 spiro atoms. The fourth-order valence-corrected chi connectivity index (χ4v) is 0.498. The summed E-state index contributed by atoms with van der Waals surface area (Å²) in [5.74, 6) is 0.0729. The molecule has 0 saturated carbocycles. The second kappa shape index (κ2) is 12.1. The number of Topliss-reactive ketones (excluding diaryl/α,β-unsaturated/α-hetero) is 1. The molecular formula is C9H18I2O3. The number of hydrogen-bond acceptors (Lipinski definition) is 3. The Morgan fingerprint density at radius 1 is 1.29 bits per heavy atom. The SMILES string of the molecule is CCC(I)I.COC(CC(C)=O)OC. The van der Waals surface area contributed by atoms with Crippen molar-refractivity contribution in [2.24, 2.45) is 0 Å². The molecule has 14 heavy (non-hydrogen) atoms. The summed E-state index contributed by atoms with van der Waals surface area (Å²) in [4.78, 5) is 10.4. The average molecular weight is 428 g/mol. The van der Waals surface area contributed by atoms with Crippen molar-refractivity contribution < 1.29 is 14.3 Å². The van der Waals surface area contributed by atoms with Crippen LogP contribution in [-0.2, 0) is 14.3 Å². The van der Waals surface area contributed by atoms with E-state index in [0.29, 0.717) is 6.42 Å². The van der Waals surface area contributed by atoms with E-state index in [9.17, 15) is 4.79 Å². The summed E-state index contributed by atoms with van der Waals surface area (Å²) >= 11 is 4.79. The van der Waals surface area contributed by atoms with E-state index in [1.165, 1.54) is 27.6 Å². The van der Waals surface area contributed by atoms with Crippen molar-refractivity contribution in [3.05, 3.63) is 0 Å². The first-order valence-electron chi connectivity index (χ1n) is 4.31. The standard InChI is InChI=1S/C6H12O3.C3H6I2/c1-5(7)4-6(8-2)9-3;1-2-3(4)5/h6H,4H2,1-3H3;3H,2H2,1H3. The summed E-state index contributed by atoms with van der Waals surface area (Å²) in [5, 5.41) is 0. The molecule has 0 fully saturated rings. The van der Waals surface area contributed by atoms with Crippen molar-refractivity contribution in [1.82, 2.24) is 0 Å². The van der Waals surface area contributed by atoms with E-state index in [0.717, 1.165) is 1.93 Å². The quantitative estimate of drug-likeness (QED) is 0.384. The van der Waals surface area contributed by atoms with E-state index in [4.69, 9.17) is 9.47 Å². The number of alkyl halides is 2. The summed E-state index contributed by atoms with van der Waals surface area (Å²) < 4.78 is 10.4. The van der Waals surface area contributed by atoms with Gasteiger partial charge in [0, 0.05) is 14.2 Å². The van der Waals surface area contributed by atoms with Gasteiger partial charge in [-0.3, -0.25) is 4.79 Å². The third kappa shape index (κ3) is 15.5. The van der Waals surface area contributed by atoms with E-state index in [1.54, 1.807) is 0 Å². The Bertz CT molecular complexity index is 136. The van der Waals surface area contributed by atoms with Gasteiger partial charge < -0.3 is 9.47 Å². The topological polar surface area (TPSA) is 35.5 Å². The van der Waals surface area contributed by atoms with Crippen LogP contribution in [0.2, 0.25) is 0 Å². The average Bonchev–Trinajstić information content (AvgIpc) is 2.14. The number of carbonyl (C=O) groups is 1. The van der Waals surface area contributed by atoms with Crippen molar-refractivity contribution in [3.8, 4) is 0 Å². The summed E-state index contributed by atoms with van der Waals surface area (Å²) in [6.07, 6.45) is 1.23. The Balaban J connectivity index is 0. The van der Waals surface area contributed by atoms with Gasteiger partial charge in [0.2, 0.25) is 0 Å². The maximum Gasteiger partial charge on any atom is 0.163 e. The lowest BCUT2D eigenvalue weighted by molar-refractivity contribution is -0.135. The molecule has 0 N–H and O–H groups in total. The Morgan fingerprint density at radius 2 is 1.64 bits per heavy atom. The van der Waals surface area contributed by atoms with Gasteiger partial charge in [-0.05, 0) is 13.3 Å². The zero-order chi connectivity index (χ0) is 11.6. The van der Waals surface area contributed by atoms with Gasteiger partial charge in [0.1, 0.15) is 5.78 Å². The zero-order valence-electron chi connectivity index (χ0n) is 9.05. The van der Waals surface area contributed by atoms with Gasteiger partial charge in [0.05, 0.1) is 8.35 Å². The molecule has 0 aromatic rings. The first kappa shape index (κ1) is 17.4. The number of halogens is 2. The molecule has 0 heterocycles. The fourth-order valence-electron chi connectivity index (χ4n) is 0.498. The Hall–Kier alpha value is 1.05. The maximum absolute atomic E-state index is 10.4. The van der Waals surface area contributed by atoms with E-state index in [1.807, 2.05) is 0 Å². The molecular weight excluding hydrogens is 410 g/mol. The number of ether oxygens (including phenoxy) is 2. The molecule has 0 unspecified atom stereocenters. The predicted molar refractivity (Wildman–Crippen MR) is 75.2 cm³/mol. The van der Waals surface area contributed by atoms with Crippen LogP contribution in [0.25, 0.3) is 0 Å². The van der Waals surface area contributed by atoms with Gasteiger partial charge in [-0.15, -0.1) is 0 Å². The molecule has 0 bridgehead atoms. The highest BCUT2D eigenvalue weighted by atomic mass is 127. The van der Waals surface area contributed by atoms with Gasteiger partial charge in [-0.1, -0.05) is 52.1 Å². The smallest absolute Gasteiger partial charge is 0.163 e. The van der Waals surface area contributed by atoms with Crippen molar-refractivity contribution in [2.45, 2.75) is 34.9 Å². The highest BCUT2D eigenvalue weighted by Crippen LogP contribution is 2.11. The number of rotatable bonds is 5. The monoisotopic (exact) mass is 428 g/mol. The second-order valence-electron chi connectivity index (χ2n) is 2.61. The molecule has 5 heteroatoms. The highest BCUT2D eigenvalue weighted by Gasteiger charge is 2.06. The molecule has 0 aliphatic heterocycles. The van der Waals surface area contributed by atoms with Gasteiger partial charge in [-0.25, -0.2) is 0 Å². The van der Waals surface area contributed by atoms with Crippen molar-refractivity contribution >= 4 is 51.0 Å². The molecule has 0 aromatic heterocycles. The summed E-state index contributed by atoms with van der Waals surface area (Å²) in [6.45, 7) is 3.69. The number of methoxy groups -OCH3 is 2. The Kier molecular flexibility index (Phi) is 15.1. The predicted octanol–water partition coefficient (Wildman–Crippen LogP) is 3.18. The molecule has 0 atom stereocenters. The van der Waals surface area contributed by atoms with Crippen LogP contribution in [0.5, 0.6) is 0 Å². The van der Waals surface area contributed by atoms with Crippen LogP contribution < -0.4 is 0 Å². The molecule has 0 aliphatic rings. The van der Waals surface area contributed by atoms with Crippen molar-refractivity contribution in [1.29, 1.82) is 0 Å². The lowest BCUT2D eigenvalue weighted by atomic mass is 10.3. The van der Waals surface area contributed by atoms with Crippen LogP contribution in [0.1, 0.15) is 26.7 Å². The van der Waals surface area contributed by atoms with Crippen LogP contribution in [-0.4, -0.2) is 28.2 Å². The molecule has 0 aliphatic carbocycles. The number of hydrogen-bond donors (Lipinski definition) is 0. The lowest BCUT2D eigenvalue weighted by Crippen LogP contribution is -2.16. The van der Waals surface area contributed by atoms with Crippen LogP contribution in [0.15, 0.2) is 0 Å². The maximum atomic E-state index is 10.4. The second-order valence-corrected chi connectivity index (χ2v) is 8.00. The van der Waals surface area contributed by atoms with Crippen LogP contribution in [0.4, 0.5) is 0 Å². The van der Waals surface area contributed by atoms with E-state index in [-0.39, 0.29) is 12.1 Å². The molecule has 0 aromatic carbocycles. The minimum Gasteiger partial charge on any atom is -0.355 e. The first-order valence-corrected chi connectivity index (χ1v) is 6.80. The molecule has 86 valence electrons. The van der Waals surface area contributed by atoms with E-state index < -0.39 is 0 Å². The molecule has 0 saturated heterocycles. The number of carbonyl (C=O) groups excluding carboxylic acids is 1. The largest absolute Gasteiger partial charge is 0.355 e. The summed E-state index contributed by atoms with van der Waals surface area (Å²) in [6, 6.07) is 0. The lowest BCUT2D eigenvalue weighted by Gasteiger charge is -2.09. The van der Waals surface area contributed by atoms with Crippen LogP contribution >= 0.6 is 45.2 Å². The zero-order valence-corrected chi connectivity index (χ0v) is 13.4. The molecule has 0 rings (SSSR count). The van der Waals surface area contributed by atoms with Crippen molar-refractivity contribution in [3.63, 3.8) is 0 Å². The Labute approximate surface area is 114 Å². The van der Waals surface area contributed by atoms with E-state index in [2.05, 4.69) is 52.1 Å². The Morgan fingerprint density at radius 3 is 1.71 bits per heavy atom. The van der Waals surface area contributed by atoms with Gasteiger partial charge in [-0.2, -0.15) is 0 Å². The highest BCUT2D eigenvalue weighted by molar-refractivity contribution is 14.2. The number of ketones is 1. The normalized spacial score (nSPS) is 10.0. The third-order valence-corrected chi connectivity index (χ3v) is 3.05. The van der Waals surface area contributed by atoms with Crippen LogP contribution in [0.3, 0.4) is 0 Å². The molecule has 3 nitrogen and oxygen atoms in total. The first-order chi connectivity index (χ1) is 6.47. The minimum absolute atomic E-state index is 0.0729. The summed E-state index contributed by atoms with van der Waals surface area (Å²) in [7, 11) is 3.02. The molecule has 0 amide bonds. The minimum atomic E-state index is -0.373. The van der Waals surface area contributed by atoms with Gasteiger partial charge in [0.15, 0.2) is 6.29 Å². The van der Waals surface area contributed by atoms with Crippen LogP contribution in [0, 0.1) is 0 Å². The van der Waals surface area contributed by atoms with Gasteiger partial charge in [0.25, 0.3) is 0 Å². The third-order valence-electron chi connectivity index (χ3n) is 1.29. The summed E-state index contributed by atoms with van der Waals surface area (Å²) in [5.41, 5.74) is 0.